The van der Waals surface area contributed by atoms with Crippen molar-refractivity contribution in [1.29, 1.82) is 0 Å². The van der Waals surface area contributed by atoms with Crippen molar-refractivity contribution in [2.45, 2.75) is 25.4 Å². The summed E-state index contributed by atoms with van der Waals surface area (Å²) in [6, 6.07) is 5.59. The lowest BCUT2D eigenvalue weighted by Gasteiger charge is -2.38. The van der Waals surface area contributed by atoms with Gasteiger partial charge < -0.3 is 15.8 Å². The highest BCUT2D eigenvalue weighted by Crippen LogP contribution is 2.40. The fourth-order valence-corrected chi connectivity index (χ4v) is 2.93. The average molecular weight is 289 g/mol. The minimum atomic E-state index is -0.566. The molecule has 2 rings (SSSR count). The number of carbonyl (C=O) groups excluding carboxylic acids is 1. The third-order valence-corrected chi connectivity index (χ3v) is 3.95. The lowest BCUT2D eigenvalue weighted by atomic mass is 9.94. The van der Waals surface area contributed by atoms with Gasteiger partial charge in [0.15, 0.2) is 0 Å². The van der Waals surface area contributed by atoms with Crippen LogP contribution in [0.25, 0.3) is 0 Å². The summed E-state index contributed by atoms with van der Waals surface area (Å²) < 4.78 is 5.74. The van der Waals surface area contributed by atoms with Gasteiger partial charge in [-0.2, -0.15) is 0 Å². The molecule has 0 aliphatic carbocycles. The number of rotatable bonds is 5. The van der Waals surface area contributed by atoms with Crippen LogP contribution in [0.15, 0.2) is 30.9 Å². The zero-order valence-corrected chi connectivity index (χ0v) is 12.7. The number of nitrogen functional groups attached to an aromatic ring is 1. The van der Waals surface area contributed by atoms with Crippen LogP contribution in [0.3, 0.4) is 0 Å². The topological polar surface area (TPSA) is 67.6 Å². The number of nitrogens with two attached hydrogens (primary N) is 1. The summed E-state index contributed by atoms with van der Waals surface area (Å²) in [7, 11) is 2.00. The smallest absolute Gasteiger partial charge is 0.245 e. The number of ether oxygens (including phenoxy) is 1. The molecule has 0 bridgehead atoms. The molecule has 1 saturated heterocycles. The molecule has 0 unspecified atom stereocenters. The molecule has 3 N–H and O–H groups in total. The molecule has 0 aromatic heterocycles. The van der Waals surface area contributed by atoms with E-state index in [1.807, 2.05) is 32.2 Å². The molecule has 1 aromatic rings. The van der Waals surface area contributed by atoms with Crippen molar-refractivity contribution in [2.75, 3.05) is 25.9 Å². The maximum atomic E-state index is 11.9. The van der Waals surface area contributed by atoms with Gasteiger partial charge in [-0.3, -0.25) is 9.69 Å². The molecular weight excluding hydrogens is 266 g/mol. The second-order valence-electron chi connectivity index (χ2n) is 5.27. The van der Waals surface area contributed by atoms with Gasteiger partial charge in [-0.25, -0.2) is 0 Å². The van der Waals surface area contributed by atoms with E-state index in [0.717, 1.165) is 30.7 Å². The van der Waals surface area contributed by atoms with Crippen LogP contribution in [0.1, 0.15) is 25.3 Å². The van der Waals surface area contributed by atoms with Gasteiger partial charge in [-0.15, -0.1) is 0 Å². The zero-order chi connectivity index (χ0) is 15.5. The first kappa shape index (κ1) is 15.4. The number of hydrogen-bond acceptors (Lipinski definition) is 4. The van der Waals surface area contributed by atoms with Gasteiger partial charge in [0.2, 0.25) is 5.91 Å². The average Bonchev–Trinajstić information content (AvgIpc) is 2.81. The monoisotopic (exact) mass is 289 g/mol. The molecule has 1 amide bonds. The Bertz CT molecular complexity index is 544. The molecule has 114 valence electrons. The van der Waals surface area contributed by atoms with Crippen LogP contribution >= 0.6 is 0 Å². The summed E-state index contributed by atoms with van der Waals surface area (Å²) >= 11 is 0. The Morgan fingerprint density at radius 2 is 2.38 bits per heavy atom. The van der Waals surface area contributed by atoms with E-state index in [1.54, 1.807) is 0 Å². The molecule has 5 nitrogen and oxygen atoms in total. The highest BCUT2D eigenvalue weighted by molar-refractivity contribution is 5.87. The van der Waals surface area contributed by atoms with Crippen LogP contribution < -0.4 is 15.8 Å². The lowest BCUT2D eigenvalue weighted by molar-refractivity contribution is -0.120. The van der Waals surface area contributed by atoms with Gasteiger partial charge in [0.1, 0.15) is 11.4 Å². The molecule has 1 aromatic carbocycles. The minimum Gasteiger partial charge on any atom is -0.493 e. The predicted octanol–water partition coefficient (Wildman–Crippen LogP) is 1.85. The largest absolute Gasteiger partial charge is 0.493 e. The van der Waals surface area contributed by atoms with Gasteiger partial charge >= 0.3 is 0 Å². The number of amides is 1. The number of anilines is 1. The normalized spacial score (nSPS) is 22.0. The van der Waals surface area contributed by atoms with E-state index in [1.165, 1.54) is 6.08 Å². The molecular formula is C16H23N3O2. The van der Waals surface area contributed by atoms with Gasteiger partial charge in [0, 0.05) is 23.9 Å². The Hall–Kier alpha value is -2.01. The second kappa shape index (κ2) is 6.18. The number of benzene rings is 1. The quantitative estimate of drug-likeness (QED) is 0.641. The molecule has 21 heavy (non-hydrogen) atoms. The van der Waals surface area contributed by atoms with E-state index in [2.05, 4.69) is 16.8 Å². The highest BCUT2D eigenvalue weighted by atomic mass is 16.5. The van der Waals surface area contributed by atoms with Crippen molar-refractivity contribution in [3.05, 3.63) is 36.4 Å². The van der Waals surface area contributed by atoms with E-state index in [4.69, 9.17) is 10.5 Å². The van der Waals surface area contributed by atoms with E-state index in [9.17, 15) is 4.79 Å². The number of nitrogens with zero attached hydrogens (tertiary/aromatic N) is 1. The molecule has 0 spiro atoms. The number of nitrogens with one attached hydrogen (secondary N) is 1. The van der Waals surface area contributed by atoms with Crippen LogP contribution in [0.4, 0.5) is 5.69 Å². The maximum Gasteiger partial charge on any atom is 0.245 e. The van der Waals surface area contributed by atoms with E-state index in [-0.39, 0.29) is 5.91 Å². The Labute approximate surface area is 125 Å². The van der Waals surface area contributed by atoms with E-state index in [0.29, 0.717) is 12.3 Å². The predicted molar refractivity (Wildman–Crippen MR) is 83.9 cm³/mol. The van der Waals surface area contributed by atoms with Crippen molar-refractivity contribution >= 4 is 11.6 Å². The third-order valence-electron chi connectivity index (χ3n) is 3.95. The molecule has 1 heterocycles. The van der Waals surface area contributed by atoms with Crippen LogP contribution in [-0.2, 0) is 10.5 Å². The van der Waals surface area contributed by atoms with E-state index < -0.39 is 5.66 Å². The first-order chi connectivity index (χ1) is 10.0. The number of carbonyl (C=O) groups is 1. The number of likely N-dealkylation sites (tertiary alicyclic amines) is 1. The Balaban J connectivity index is 2.51. The number of hydrogen-bond donors (Lipinski definition) is 2. The summed E-state index contributed by atoms with van der Waals surface area (Å²) in [5.74, 6) is 0.527. The third kappa shape index (κ3) is 2.88. The van der Waals surface area contributed by atoms with Gasteiger partial charge in [-0.1, -0.05) is 6.58 Å². The van der Waals surface area contributed by atoms with Crippen LogP contribution in [0.5, 0.6) is 5.75 Å². The summed E-state index contributed by atoms with van der Waals surface area (Å²) in [5, 5.41) is 3.07. The second-order valence-corrected chi connectivity index (χ2v) is 5.27. The van der Waals surface area contributed by atoms with Crippen molar-refractivity contribution in [3.63, 3.8) is 0 Å². The van der Waals surface area contributed by atoms with Crippen molar-refractivity contribution in [3.8, 4) is 5.75 Å². The zero-order valence-electron chi connectivity index (χ0n) is 12.7. The molecule has 0 radical (unpaired) electrons. The van der Waals surface area contributed by atoms with Crippen LogP contribution in [-0.4, -0.2) is 31.0 Å². The van der Waals surface area contributed by atoms with Gasteiger partial charge in [0.05, 0.1) is 6.61 Å². The maximum absolute atomic E-state index is 11.9. The fraction of sp³-hybridized carbons (Fsp3) is 0.438. The van der Waals surface area contributed by atoms with Gasteiger partial charge in [0.25, 0.3) is 0 Å². The summed E-state index contributed by atoms with van der Waals surface area (Å²) in [4.78, 5) is 14.0. The van der Waals surface area contributed by atoms with Crippen LogP contribution in [0, 0.1) is 0 Å². The first-order valence-corrected chi connectivity index (χ1v) is 7.22. The summed E-state index contributed by atoms with van der Waals surface area (Å²) in [5.41, 5.74) is 6.88. The molecule has 1 atom stereocenters. The fourth-order valence-electron chi connectivity index (χ4n) is 2.93. The summed E-state index contributed by atoms with van der Waals surface area (Å²) in [6.07, 6.45) is 3.13. The Morgan fingerprint density at radius 3 is 2.95 bits per heavy atom. The minimum absolute atomic E-state index is 0.192. The van der Waals surface area contributed by atoms with Crippen molar-refractivity contribution < 1.29 is 9.53 Å². The first-order valence-electron chi connectivity index (χ1n) is 7.22. The Kier molecular flexibility index (Phi) is 4.53. The lowest BCUT2D eigenvalue weighted by Crippen LogP contribution is -2.53. The molecule has 1 fully saturated rings. The van der Waals surface area contributed by atoms with E-state index >= 15 is 0 Å². The highest BCUT2D eigenvalue weighted by Gasteiger charge is 2.43. The Morgan fingerprint density at radius 1 is 1.62 bits per heavy atom. The standard InChI is InChI=1S/C16H23N3O2/c1-4-15(20)18-16(9-6-10-19(16)3)13-8-7-12(17)11-14(13)21-5-2/h4,7-8,11H,1,5-6,9-10,17H2,2-3H3,(H,18,20)/t16-/m1/s1. The van der Waals surface area contributed by atoms with Crippen LogP contribution in [0.2, 0.25) is 0 Å². The summed E-state index contributed by atoms with van der Waals surface area (Å²) in [6.45, 7) is 6.93. The van der Waals surface area contributed by atoms with Gasteiger partial charge in [-0.05, 0) is 45.0 Å². The van der Waals surface area contributed by atoms with Crippen molar-refractivity contribution in [2.24, 2.45) is 0 Å². The molecule has 0 saturated carbocycles. The molecule has 5 heteroatoms. The SMILES string of the molecule is C=CC(=O)N[C@]1(c2ccc(N)cc2OCC)CCCN1C. The van der Waals surface area contributed by atoms with Crippen molar-refractivity contribution in [1.82, 2.24) is 10.2 Å². The molecule has 1 aliphatic rings. The molecule has 1 aliphatic heterocycles.